The fourth-order valence-corrected chi connectivity index (χ4v) is 3.09. The summed E-state index contributed by atoms with van der Waals surface area (Å²) in [6.45, 7) is 4.89. The highest BCUT2D eigenvalue weighted by atomic mass is 32.1. The molecular formula is C16H27N3O2S. The van der Waals surface area contributed by atoms with Crippen molar-refractivity contribution in [1.82, 2.24) is 15.1 Å². The predicted molar refractivity (Wildman–Crippen MR) is 90.3 cm³/mol. The molecule has 0 aromatic carbocycles. The number of rotatable bonds is 7. The number of carbonyl (C=O) groups is 1. The van der Waals surface area contributed by atoms with Crippen LogP contribution >= 0.6 is 11.3 Å². The Morgan fingerprint density at radius 1 is 1.55 bits per heavy atom. The van der Waals surface area contributed by atoms with Crippen LogP contribution in [0.5, 0.6) is 0 Å². The van der Waals surface area contributed by atoms with Gasteiger partial charge >= 0.3 is 6.03 Å². The van der Waals surface area contributed by atoms with E-state index in [9.17, 15) is 4.79 Å². The summed E-state index contributed by atoms with van der Waals surface area (Å²) in [4.78, 5) is 17.7. The van der Waals surface area contributed by atoms with Crippen LogP contribution in [0.2, 0.25) is 0 Å². The van der Waals surface area contributed by atoms with Crippen LogP contribution in [-0.4, -0.2) is 61.8 Å². The molecule has 1 aromatic rings. The number of carbonyl (C=O) groups excluding carboxylic acids is 1. The van der Waals surface area contributed by atoms with Gasteiger partial charge in [-0.25, -0.2) is 4.79 Å². The van der Waals surface area contributed by atoms with Gasteiger partial charge in [-0.3, -0.25) is 0 Å². The minimum absolute atomic E-state index is 0.00222. The molecule has 0 aliphatic carbocycles. The van der Waals surface area contributed by atoms with Crippen molar-refractivity contribution < 1.29 is 9.53 Å². The maximum Gasteiger partial charge on any atom is 0.317 e. The number of hydrogen-bond donors (Lipinski definition) is 1. The van der Waals surface area contributed by atoms with Gasteiger partial charge in [0, 0.05) is 30.6 Å². The zero-order valence-electron chi connectivity index (χ0n) is 13.7. The van der Waals surface area contributed by atoms with Crippen LogP contribution in [0.3, 0.4) is 0 Å². The van der Waals surface area contributed by atoms with E-state index >= 15 is 0 Å². The maximum atomic E-state index is 12.5. The molecule has 2 amide bonds. The SMILES string of the molecule is C[C@H](CNC(=O)N(Cc1cccs1)C[C@H]1CCCO1)N(C)C. The lowest BCUT2D eigenvalue weighted by Crippen LogP contribution is -2.46. The van der Waals surface area contributed by atoms with Crippen molar-refractivity contribution in [2.45, 2.75) is 38.5 Å². The highest BCUT2D eigenvalue weighted by Crippen LogP contribution is 2.17. The Labute approximate surface area is 137 Å². The number of hydrogen-bond acceptors (Lipinski definition) is 4. The van der Waals surface area contributed by atoms with Gasteiger partial charge in [-0.2, -0.15) is 0 Å². The zero-order chi connectivity index (χ0) is 15.9. The van der Waals surface area contributed by atoms with Gasteiger partial charge in [0.25, 0.3) is 0 Å². The Bertz CT molecular complexity index is 444. The first-order chi connectivity index (χ1) is 10.6. The third-order valence-electron chi connectivity index (χ3n) is 4.09. The second-order valence-corrected chi connectivity index (χ2v) is 7.13. The minimum Gasteiger partial charge on any atom is -0.376 e. The third kappa shape index (κ3) is 5.26. The number of amides is 2. The molecular weight excluding hydrogens is 298 g/mol. The van der Waals surface area contributed by atoms with E-state index in [0.717, 1.165) is 19.4 Å². The first-order valence-electron chi connectivity index (χ1n) is 7.89. The molecule has 6 heteroatoms. The average molecular weight is 325 g/mol. The van der Waals surface area contributed by atoms with E-state index in [1.807, 2.05) is 30.4 Å². The van der Waals surface area contributed by atoms with E-state index in [-0.39, 0.29) is 12.1 Å². The number of nitrogens with zero attached hydrogens (tertiary/aromatic N) is 2. The van der Waals surface area contributed by atoms with Crippen LogP contribution in [0.25, 0.3) is 0 Å². The first-order valence-corrected chi connectivity index (χ1v) is 8.77. The lowest BCUT2D eigenvalue weighted by molar-refractivity contribution is 0.0794. The van der Waals surface area contributed by atoms with Crippen molar-refractivity contribution in [3.63, 3.8) is 0 Å². The molecule has 1 aromatic heterocycles. The second kappa shape index (κ2) is 8.50. The molecule has 1 N–H and O–H groups in total. The lowest BCUT2D eigenvalue weighted by Gasteiger charge is -2.27. The van der Waals surface area contributed by atoms with Gasteiger partial charge in [-0.15, -0.1) is 11.3 Å². The Balaban J connectivity index is 1.91. The van der Waals surface area contributed by atoms with Crippen LogP contribution in [0.4, 0.5) is 4.79 Å². The molecule has 5 nitrogen and oxygen atoms in total. The summed E-state index contributed by atoms with van der Waals surface area (Å²) in [6, 6.07) is 4.41. The summed E-state index contributed by atoms with van der Waals surface area (Å²) >= 11 is 1.69. The van der Waals surface area contributed by atoms with Crippen molar-refractivity contribution in [2.75, 3.05) is 33.8 Å². The number of ether oxygens (including phenoxy) is 1. The van der Waals surface area contributed by atoms with E-state index in [2.05, 4.69) is 23.2 Å². The Morgan fingerprint density at radius 2 is 2.36 bits per heavy atom. The first kappa shape index (κ1) is 17.2. The number of thiophene rings is 1. The Kier molecular flexibility index (Phi) is 6.67. The predicted octanol–water partition coefficient (Wildman–Crippen LogP) is 2.39. The molecule has 0 saturated carbocycles. The number of likely N-dealkylation sites (N-methyl/N-ethyl adjacent to an activating group) is 1. The van der Waals surface area contributed by atoms with Crippen LogP contribution in [0, 0.1) is 0 Å². The molecule has 2 heterocycles. The van der Waals surface area contributed by atoms with Gasteiger partial charge in [0.05, 0.1) is 12.6 Å². The molecule has 22 heavy (non-hydrogen) atoms. The zero-order valence-corrected chi connectivity index (χ0v) is 14.6. The highest BCUT2D eigenvalue weighted by Gasteiger charge is 2.23. The van der Waals surface area contributed by atoms with Crippen molar-refractivity contribution in [2.24, 2.45) is 0 Å². The third-order valence-corrected chi connectivity index (χ3v) is 4.95. The molecule has 0 spiro atoms. The standard InChI is InChI=1S/C16H27N3O2S/c1-13(18(2)3)10-17-16(20)19(11-14-6-4-8-21-14)12-15-7-5-9-22-15/h5,7,9,13-14H,4,6,8,10-12H2,1-3H3,(H,17,20)/t13-,14-/m1/s1. The topological polar surface area (TPSA) is 44.8 Å². The van der Waals surface area contributed by atoms with E-state index in [1.54, 1.807) is 11.3 Å². The van der Waals surface area contributed by atoms with E-state index in [4.69, 9.17) is 4.74 Å². The van der Waals surface area contributed by atoms with Crippen LogP contribution in [-0.2, 0) is 11.3 Å². The Morgan fingerprint density at radius 3 is 2.95 bits per heavy atom. The molecule has 0 bridgehead atoms. The normalized spacial score (nSPS) is 19.4. The van der Waals surface area contributed by atoms with Crippen LogP contribution in [0.15, 0.2) is 17.5 Å². The summed E-state index contributed by atoms with van der Waals surface area (Å²) in [6.07, 6.45) is 2.32. The summed E-state index contributed by atoms with van der Waals surface area (Å²) in [5.74, 6) is 0. The molecule has 1 fully saturated rings. The minimum atomic E-state index is -0.00222. The molecule has 1 saturated heterocycles. The van der Waals surface area contributed by atoms with E-state index < -0.39 is 0 Å². The van der Waals surface area contributed by atoms with Gasteiger partial charge < -0.3 is 19.9 Å². The van der Waals surface area contributed by atoms with Crippen molar-refractivity contribution in [3.8, 4) is 0 Å². The maximum absolute atomic E-state index is 12.5. The fourth-order valence-electron chi connectivity index (χ4n) is 2.37. The lowest BCUT2D eigenvalue weighted by atomic mass is 10.2. The van der Waals surface area contributed by atoms with Crippen molar-refractivity contribution >= 4 is 17.4 Å². The van der Waals surface area contributed by atoms with Crippen LogP contribution < -0.4 is 5.32 Å². The Hall–Kier alpha value is -1.11. The molecule has 0 unspecified atom stereocenters. The molecule has 2 rings (SSSR count). The molecule has 2 atom stereocenters. The van der Waals surface area contributed by atoms with Gasteiger partial charge in [0.2, 0.25) is 0 Å². The molecule has 0 radical (unpaired) electrons. The average Bonchev–Trinajstić information content (AvgIpc) is 3.17. The quantitative estimate of drug-likeness (QED) is 0.837. The smallest absolute Gasteiger partial charge is 0.317 e. The second-order valence-electron chi connectivity index (χ2n) is 6.09. The number of nitrogens with one attached hydrogen (secondary N) is 1. The summed E-state index contributed by atoms with van der Waals surface area (Å²) in [5, 5.41) is 5.09. The highest BCUT2D eigenvalue weighted by molar-refractivity contribution is 7.09. The number of urea groups is 1. The van der Waals surface area contributed by atoms with Gasteiger partial charge in [0.1, 0.15) is 0 Å². The van der Waals surface area contributed by atoms with Gasteiger partial charge in [-0.05, 0) is 45.3 Å². The largest absolute Gasteiger partial charge is 0.376 e. The molecule has 1 aliphatic rings. The summed E-state index contributed by atoms with van der Waals surface area (Å²) < 4.78 is 5.69. The van der Waals surface area contributed by atoms with Gasteiger partial charge in [-0.1, -0.05) is 6.07 Å². The summed E-state index contributed by atoms with van der Waals surface area (Å²) in [5.41, 5.74) is 0. The van der Waals surface area contributed by atoms with Crippen molar-refractivity contribution in [3.05, 3.63) is 22.4 Å². The monoisotopic (exact) mass is 325 g/mol. The van der Waals surface area contributed by atoms with E-state index in [1.165, 1.54) is 4.88 Å². The molecule has 124 valence electrons. The van der Waals surface area contributed by atoms with Crippen LogP contribution in [0.1, 0.15) is 24.6 Å². The molecule has 1 aliphatic heterocycles. The van der Waals surface area contributed by atoms with Crippen molar-refractivity contribution in [1.29, 1.82) is 0 Å². The van der Waals surface area contributed by atoms with Gasteiger partial charge in [0.15, 0.2) is 0 Å². The summed E-state index contributed by atoms with van der Waals surface area (Å²) in [7, 11) is 4.04. The van der Waals surface area contributed by atoms with E-state index in [0.29, 0.717) is 25.7 Å². The fraction of sp³-hybridized carbons (Fsp3) is 0.688.